The zero-order valence-corrected chi connectivity index (χ0v) is 8.20. The molecule has 0 saturated carbocycles. The van der Waals surface area contributed by atoms with Gasteiger partial charge < -0.3 is 15.4 Å². The Kier molecular flexibility index (Phi) is 2.27. The van der Waals surface area contributed by atoms with Crippen molar-refractivity contribution < 1.29 is 5.11 Å². The number of hydrogen-bond donors (Lipinski definition) is 2. The number of benzene rings is 1. The third-order valence-electron chi connectivity index (χ3n) is 2.61. The minimum absolute atomic E-state index is 0.0726. The molecule has 74 valence electrons. The molecule has 0 unspecified atom stereocenters. The zero-order chi connectivity index (χ0) is 10.1. The van der Waals surface area contributed by atoms with Crippen molar-refractivity contribution in [1.29, 1.82) is 0 Å². The predicted octanol–water partition coefficient (Wildman–Crippen LogP) is 1.13. The molecule has 0 amide bonds. The van der Waals surface area contributed by atoms with Crippen LogP contribution < -0.4 is 5.73 Å². The van der Waals surface area contributed by atoms with E-state index in [0.717, 1.165) is 22.2 Å². The van der Waals surface area contributed by atoms with E-state index < -0.39 is 0 Å². The predicted molar refractivity (Wildman–Crippen MR) is 56.7 cm³/mol. The molecule has 1 heterocycles. The molecule has 3 heteroatoms. The van der Waals surface area contributed by atoms with Gasteiger partial charge in [-0.25, -0.2) is 0 Å². The summed E-state index contributed by atoms with van der Waals surface area (Å²) in [5, 5.41) is 10.2. The topological polar surface area (TPSA) is 51.2 Å². The van der Waals surface area contributed by atoms with Gasteiger partial charge in [0.05, 0.1) is 6.61 Å². The number of fused-ring (bicyclic) bond motifs is 1. The van der Waals surface area contributed by atoms with Crippen LogP contribution >= 0.6 is 0 Å². The standard InChI is InChI=1S/C11H14N2O/c1-13-10(7-14)5-9-3-2-8(6-12)4-11(9)13/h2-5,14H,6-7,12H2,1H3. The molecule has 0 saturated heterocycles. The van der Waals surface area contributed by atoms with Crippen molar-refractivity contribution in [3.63, 3.8) is 0 Å². The molecule has 2 rings (SSSR count). The minimum atomic E-state index is 0.0726. The summed E-state index contributed by atoms with van der Waals surface area (Å²) in [6.45, 7) is 0.624. The second-order valence-corrected chi connectivity index (χ2v) is 3.45. The maximum absolute atomic E-state index is 9.10. The summed E-state index contributed by atoms with van der Waals surface area (Å²) >= 11 is 0. The summed E-state index contributed by atoms with van der Waals surface area (Å²) < 4.78 is 1.99. The van der Waals surface area contributed by atoms with Crippen molar-refractivity contribution in [2.75, 3.05) is 0 Å². The Morgan fingerprint density at radius 2 is 2.14 bits per heavy atom. The fraction of sp³-hybridized carbons (Fsp3) is 0.273. The van der Waals surface area contributed by atoms with Crippen molar-refractivity contribution in [2.24, 2.45) is 12.8 Å². The summed E-state index contributed by atoms with van der Waals surface area (Å²) in [5.41, 5.74) is 8.73. The Morgan fingerprint density at radius 1 is 1.36 bits per heavy atom. The van der Waals surface area contributed by atoms with Crippen molar-refractivity contribution in [3.05, 3.63) is 35.5 Å². The highest BCUT2D eigenvalue weighted by Gasteiger charge is 2.04. The molecule has 0 fully saturated rings. The van der Waals surface area contributed by atoms with E-state index in [4.69, 9.17) is 10.8 Å². The summed E-state index contributed by atoms with van der Waals surface area (Å²) in [6.07, 6.45) is 0. The molecule has 1 aromatic heterocycles. The first-order valence-corrected chi connectivity index (χ1v) is 4.64. The van der Waals surface area contributed by atoms with E-state index in [0.29, 0.717) is 6.54 Å². The smallest absolute Gasteiger partial charge is 0.0833 e. The lowest BCUT2D eigenvalue weighted by molar-refractivity contribution is 0.273. The van der Waals surface area contributed by atoms with Crippen LogP contribution in [0.15, 0.2) is 24.3 Å². The van der Waals surface area contributed by atoms with Crippen LogP contribution in [0.25, 0.3) is 10.9 Å². The van der Waals surface area contributed by atoms with Crippen LogP contribution in [0, 0.1) is 0 Å². The zero-order valence-electron chi connectivity index (χ0n) is 8.20. The Morgan fingerprint density at radius 3 is 2.79 bits per heavy atom. The van der Waals surface area contributed by atoms with Crippen LogP contribution in [0.5, 0.6) is 0 Å². The van der Waals surface area contributed by atoms with E-state index in [1.165, 1.54) is 0 Å². The Hall–Kier alpha value is -1.32. The summed E-state index contributed by atoms with van der Waals surface area (Å²) in [4.78, 5) is 0. The molecular formula is C11H14N2O. The monoisotopic (exact) mass is 190 g/mol. The third kappa shape index (κ3) is 1.31. The van der Waals surface area contributed by atoms with E-state index in [1.54, 1.807) is 0 Å². The first kappa shape index (κ1) is 9.24. The molecule has 3 N–H and O–H groups in total. The van der Waals surface area contributed by atoms with Gasteiger partial charge in [0, 0.05) is 24.8 Å². The Labute approximate surface area is 82.8 Å². The van der Waals surface area contributed by atoms with E-state index in [-0.39, 0.29) is 6.61 Å². The van der Waals surface area contributed by atoms with Crippen molar-refractivity contribution in [2.45, 2.75) is 13.2 Å². The lowest BCUT2D eigenvalue weighted by Gasteiger charge is -2.01. The Bertz CT molecular complexity index is 460. The van der Waals surface area contributed by atoms with Gasteiger partial charge in [0.15, 0.2) is 0 Å². The Balaban J connectivity index is 2.68. The van der Waals surface area contributed by atoms with E-state index in [1.807, 2.05) is 29.8 Å². The van der Waals surface area contributed by atoms with Crippen LogP contribution in [0.3, 0.4) is 0 Å². The number of rotatable bonds is 2. The van der Waals surface area contributed by atoms with Gasteiger partial charge in [-0.05, 0) is 23.1 Å². The molecule has 3 nitrogen and oxygen atoms in total. The van der Waals surface area contributed by atoms with Crippen LogP contribution in [-0.4, -0.2) is 9.67 Å². The van der Waals surface area contributed by atoms with E-state index >= 15 is 0 Å². The minimum Gasteiger partial charge on any atom is -0.390 e. The van der Waals surface area contributed by atoms with Crippen LogP contribution in [0.2, 0.25) is 0 Å². The van der Waals surface area contributed by atoms with Gasteiger partial charge in [0.25, 0.3) is 0 Å². The van der Waals surface area contributed by atoms with Gasteiger partial charge in [0.2, 0.25) is 0 Å². The normalized spacial score (nSPS) is 11.1. The van der Waals surface area contributed by atoms with Crippen molar-refractivity contribution >= 4 is 10.9 Å². The highest BCUT2D eigenvalue weighted by molar-refractivity contribution is 5.82. The maximum Gasteiger partial charge on any atom is 0.0833 e. The lowest BCUT2D eigenvalue weighted by Crippen LogP contribution is -1.98. The van der Waals surface area contributed by atoms with Crippen LogP contribution in [-0.2, 0) is 20.2 Å². The maximum atomic E-state index is 9.10. The first-order valence-electron chi connectivity index (χ1n) is 4.64. The van der Waals surface area contributed by atoms with Crippen molar-refractivity contribution in [1.82, 2.24) is 4.57 Å². The van der Waals surface area contributed by atoms with Gasteiger partial charge in [-0.1, -0.05) is 12.1 Å². The highest BCUT2D eigenvalue weighted by atomic mass is 16.3. The molecule has 14 heavy (non-hydrogen) atoms. The number of nitrogens with two attached hydrogens (primary N) is 1. The largest absolute Gasteiger partial charge is 0.390 e. The van der Waals surface area contributed by atoms with Gasteiger partial charge >= 0.3 is 0 Å². The number of aryl methyl sites for hydroxylation is 1. The van der Waals surface area contributed by atoms with Gasteiger partial charge in [-0.2, -0.15) is 0 Å². The molecule has 0 aliphatic heterocycles. The fourth-order valence-electron chi connectivity index (χ4n) is 1.71. The number of aromatic nitrogens is 1. The fourth-order valence-corrected chi connectivity index (χ4v) is 1.71. The average molecular weight is 190 g/mol. The summed E-state index contributed by atoms with van der Waals surface area (Å²) in [5.74, 6) is 0. The summed E-state index contributed by atoms with van der Waals surface area (Å²) in [7, 11) is 1.95. The molecule has 0 bridgehead atoms. The third-order valence-corrected chi connectivity index (χ3v) is 2.61. The van der Waals surface area contributed by atoms with Gasteiger partial charge in [0.1, 0.15) is 0 Å². The summed E-state index contributed by atoms with van der Waals surface area (Å²) in [6, 6.07) is 8.12. The highest BCUT2D eigenvalue weighted by Crippen LogP contribution is 2.20. The van der Waals surface area contributed by atoms with Crippen molar-refractivity contribution in [3.8, 4) is 0 Å². The molecule has 0 aliphatic rings. The quantitative estimate of drug-likeness (QED) is 0.745. The second kappa shape index (κ2) is 3.44. The van der Waals surface area contributed by atoms with Crippen LogP contribution in [0.4, 0.5) is 0 Å². The number of nitrogens with zero attached hydrogens (tertiary/aromatic N) is 1. The molecule has 0 radical (unpaired) electrons. The second-order valence-electron chi connectivity index (χ2n) is 3.45. The molecule has 0 spiro atoms. The first-order chi connectivity index (χ1) is 6.76. The number of aliphatic hydroxyl groups excluding tert-OH is 1. The van der Waals surface area contributed by atoms with Gasteiger partial charge in [-0.3, -0.25) is 0 Å². The molecule has 1 aromatic carbocycles. The van der Waals surface area contributed by atoms with E-state index in [9.17, 15) is 0 Å². The van der Waals surface area contributed by atoms with Gasteiger partial charge in [-0.15, -0.1) is 0 Å². The SMILES string of the molecule is Cn1c(CO)cc2ccc(CN)cc21. The number of aliphatic hydroxyl groups is 1. The lowest BCUT2D eigenvalue weighted by atomic mass is 10.1. The average Bonchev–Trinajstić information content (AvgIpc) is 2.55. The molecule has 0 atom stereocenters. The number of hydrogen-bond acceptors (Lipinski definition) is 2. The molecule has 0 aliphatic carbocycles. The van der Waals surface area contributed by atoms with Crippen LogP contribution in [0.1, 0.15) is 11.3 Å². The molecular weight excluding hydrogens is 176 g/mol. The van der Waals surface area contributed by atoms with E-state index in [2.05, 4.69) is 6.07 Å². The molecule has 2 aromatic rings.